The van der Waals surface area contributed by atoms with Crippen molar-refractivity contribution in [2.75, 3.05) is 0 Å². The molecule has 3 rings (SSSR count). The van der Waals surface area contributed by atoms with E-state index in [1.165, 1.54) is 19.0 Å². The first-order valence-corrected chi connectivity index (χ1v) is 7.12. The topological polar surface area (TPSA) is 78.1 Å². The van der Waals surface area contributed by atoms with Crippen LogP contribution in [-0.2, 0) is 0 Å². The van der Waals surface area contributed by atoms with Crippen LogP contribution in [0.2, 0.25) is 0 Å². The second-order valence-electron chi connectivity index (χ2n) is 5.17. The molecule has 0 bridgehead atoms. The van der Waals surface area contributed by atoms with Gasteiger partial charge in [0.15, 0.2) is 0 Å². The molecule has 1 aliphatic rings. The second kappa shape index (κ2) is 5.91. The van der Waals surface area contributed by atoms with Gasteiger partial charge in [-0.2, -0.15) is 0 Å². The molecule has 5 nitrogen and oxygen atoms in total. The van der Waals surface area contributed by atoms with Crippen molar-refractivity contribution in [3.63, 3.8) is 0 Å². The molecule has 1 saturated carbocycles. The maximum absolute atomic E-state index is 11.2. The second-order valence-corrected chi connectivity index (χ2v) is 5.17. The normalized spacial score (nSPS) is 15.0. The number of hydrogen-bond donors (Lipinski definition) is 1. The Morgan fingerprint density at radius 2 is 1.95 bits per heavy atom. The Morgan fingerprint density at radius 1 is 1.19 bits per heavy atom. The van der Waals surface area contributed by atoms with E-state index < -0.39 is 5.91 Å². The number of carbonyl (C=O) groups excluding carboxylic acids is 1. The van der Waals surface area contributed by atoms with Gasteiger partial charge >= 0.3 is 0 Å². The van der Waals surface area contributed by atoms with Gasteiger partial charge in [0, 0.05) is 5.56 Å². The SMILES string of the molecule is NC(=O)c1cncc(-c2ccccc2OC2CCCC2)n1. The third kappa shape index (κ3) is 3.02. The zero-order chi connectivity index (χ0) is 14.7. The number of aromatic nitrogens is 2. The summed E-state index contributed by atoms with van der Waals surface area (Å²) < 4.78 is 6.08. The fraction of sp³-hybridized carbons (Fsp3) is 0.312. The lowest BCUT2D eigenvalue weighted by Gasteiger charge is -2.16. The predicted octanol–water partition coefficient (Wildman–Crippen LogP) is 2.56. The van der Waals surface area contributed by atoms with Crippen LogP contribution in [0.5, 0.6) is 5.75 Å². The molecular weight excluding hydrogens is 266 g/mol. The van der Waals surface area contributed by atoms with Crippen molar-refractivity contribution in [1.29, 1.82) is 0 Å². The summed E-state index contributed by atoms with van der Waals surface area (Å²) in [5.41, 5.74) is 6.84. The number of hydrogen-bond acceptors (Lipinski definition) is 4. The van der Waals surface area contributed by atoms with E-state index in [9.17, 15) is 4.79 Å². The maximum Gasteiger partial charge on any atom is 0.268 e. The van der Waals surface area contributed by atoms with Gasteiger partial charge in [-0.1, -0.05) is 12.1 Å². The van der Waals surface area contributed by atoms with Gasteiger partial charge in [0.1, 0.15) is 11.4 Å². The molecule has 1 amide bonds. The van der Waals surface area contributed by atoms with Gasteiger partial charge in [-0.15, -0.1) is 0 Å². The molecule has 1 aliphatic carbocycles. The van der Waals surface area contributed by atoms with Crippen LogP contribution in [0.3, 0.4) is 0 Å². The van der Waals surface area contributed by atoms with Crippen molar-refractivity contribution >= 4 is 5.91 Å². The minimum Gasteiger partial charge on any atom is -0.490 e. The number of nitrogens with zero attached hydrogens (tertiary/aromatic N) is 2. The van der Waals surface area contributed by atoms with Crippen LogP contribution in [0.1, 0.15) is 36.2 Å². The summed E-state index contributed by atoms with van der Waals surface area (Å²) in [5.74, 6) is 0.193. The molecule has 0 unspecified atom stereocenters. The highest BCUT2D eigenvalue weighted by atomic mass is 16.5. The molecule has 2 N–H and O–H groups in total. The number of carbonyl (C=O) groups is 1. The van der Waals surface area contributed by atoms with Crippen molar-refractivity contribution in [3.8, 4) is 17.0 Å². The lowest BCUT2D eigenvalue weighted by molar-refractivity contribution is 0.0995. The monoisotopic (exact) mass is 283 g/mol. The van der Waals surface area contributed by atoms with Gasteiger partial charge in [0.25, 0.3) is 5.91 Å². The molecule has 0 saturated heterocycles. The van der Waals surface area contributed by atoms with Gasteiger partial charge in [-0.05, 0) is 37.8 Å². The van der Waals surface area contributed by atoms with Crippen LogP contribution in [0.25, 0.3) is 11.3 Å². The van der Waals surface area contributed by atoms with Crippen LogP contribution >= 0.6 is 0 Å². The zero-order valence-corrected chi connectivity index (χ0v) is 11.7. The third-order valence-electron chi connectivity index (χ3n) is 3.65. The third-order valence-corrected chi connectivity index (χ3v) is 3.65. The summed E-state index contributed by atoms with van der Waals surface area (Å²) in [6.07, 6.45) is 7.84. The molecular formula is C16H17N3O2. The lowest BCUT2D eigenvalue weighted by atomic mass is 10.1. The van der Waals surface area contributed by atoms with Gasteiger partial charge in [-0.25, -0.2) is 4.98 Å². The van der Waals surface area contributed by atoms with E-state index in [0.29, 0.717) is 5.69 Å². The average molecular weight is 283 g/mol. The Bertz CT molecular complexity index is 651. The van der Waals surface area contributed by atoms with E-state index in [1.807, 2.05) is 24.3 Å². The highest BCUT2D eigenvalue weighted by Crippen LogP contribution is 2.31. The Kier molecular flexibility index (Phi) is 3.81. The minimum atomic E-state index is -0.585. The summed E-state index contributed by atoms with van der Waals surface area (Å²) >= 11 is 0. The van der Waals surface area contributed by atoms with E-state index in [4.69, 9.17) is 10.5 Å². The molecule has 2 aromatic rings. The molecule has 0 atom stereocenters. The Labute approximate surface area is 123 Å². The van der Waals surface area contributed by atoms with Crippen molar-refractivity contribution < 1.29 is 9.53 Å². The first-order valence-electron chi connectivity index (χ1n) is 7.12. The summed E-state index contributed by atoms with van der Waals surface area (Å²) in [6.45, 7) is 0. The van der Waals surface area contributed by atoms with Crippen molar-refractivity contribution in [3.05, 3.63) is 42.4 Å². The molecule has 0 spiro atoms. The Balaban J connectivity index is 1.94. The number of ether oxygens (including phenoxy) is 1. The highest BCUT2D eigenvalue weighted by molar-refractivity contribution is 5.91. The Hall–Kier alpha value is -2.43. The molecule has 1 heterocycles. The van der Waals surface area contributed by atoms with Gasteiger partial charge < -0.3 is 10.5 Å². The first kappa shape index (κ1) is 13.5. The standard InChI is InChI=1S/C16H17N3O2/c17-16(20)14-10-18-9-13(19-14)12-7-3-4-8-15(12)21-11-5-1-2-6-11/h3-4,7-11H,1-2,5-6H2,(H2,17,20). The summed E-state index contributed by atoms with van der Waals surface area (Å²) in [6, 6.07) is 7.68. The molecule has 0 radical (unpaired) electrons. The average Bonchev–Trinajstić information content (AvgIpc) is 3.01. The van der Waals surface area contributed by atoms with E-state index in [0.717, 1.165) is 24.2 Å². The van der Waals surface area contributed by atoms with Crippen LogP contribution in [-0.4, -0.2) is 22.0 Å². The predicted molar refractivity (Wildman–Crippen MR) is 78.9 cm³/mol. The largest absolute Gasteiger partial charge is 0.490 e. The smallest absolute Gasteiger partial charge is 0.268 e. The maximum atomic E-state index is 11.2. The van der Waals surface area contributed by atoms with Crippen LogP contribution in [0, 0.1) is 0 Å². The number of benzene rings is 1. The van der Waals surface area contributed by atoms with Crippen LogP contribution in [0.4, 0.5) is 0 Å². The van der Waals surface area contributed by atoms with E-state index in [-0.39, 0.29) is 11.8 Å². The zero-order valence-electron chi connectivity index (χ0n) is 11.7. The fourth-order valence-corrected chi connectivity index (χ4v) is 2.58. The van der Waals surface area contributed by atoms with Gasteiger partial charge in [0.2, 0.25) is 0 Å². The molecule has 21 heavy (non-hydrogen) atoms. The summed E-state index contributed by atoms with van der Waals surface area (Å²) in [7, 11) is 0. The Morgan fingerprint density at radius 3 is 2.71 bits per heavy atom. The van der Waals surface area contributed by atoms with Crippen LogP contribution < -0.4 is 10.5 Å². The van der Waals surface area contributed by atoms with Crippen molar-refractivity contribution in [1.82, 2.24) is 9.97 Å². The van der Waals surface area contributed by atoms with Crippen molar-refractivity contribution in [2.45, 2.75) is 31.8 Å². The van der Waals surface area contributed by atoms with E-state index >= 15 is 0 Å². The number of para-hydroxylation sites is 1. The quantitative estimate of drug-likeness (QED) is 0.935. The minimum absolute atomic E-state index is 0.156. The molecule has 108 valence electrons. The van der Waals surface area contributed by atoms with E-state index in [1.54, 1.807) is 6.20 Å². The van der Waals surface area contributed by atoms with Gasteiger partial charge in [0.05, 0.1) is 24.2 Å². The number of amides is 1. The van der Waals surface area contributed by atoms with E-state index in [2.05, 4.69) is 9.97 Å². The molecule has 5 heteroatoms. The molecule has 1 aromatic heterocycles. The molecule has 1 aromatic carbocycles. The summed E-state index contributed by atoms with van der Waals surface area (Å²) in [5, 5.41) is 0. The highest BCUT2D eigenvalue weighted by Gasteiger charge is 2.18. The molecule has 1 fully saturated rings. The number of primary amides is 1. The summed E-state index contributed by atoms with van der Waals surface area (Å²) in [4.78, 5) is 19.5. The van der Waals surface area contributed by atoms with Crippen molar-refractivity contribution in [2.24, 2.45) is 5.73 Å². The lowest BCUT2D eigenvalue weighted by Crippen LogP contribution is -2.14. The number of nitrogens with two attached hydrogens (primary N) is 1. The first-order chi connectivity index (χ1) is 10.2. The molecule has 0 aliphatic heterocycles. The fourth-order valence-electron chi connectivity index (χ4n) is 2.58. The number of rotatable bonds is 4. The van der Waals surface area contributed by atoms with Crippen LogP contribution in [0.15, 0.2) is 36.7 Å². The van der Waals surface area contributed by atoms with Gasteiger partial charge in [-0.3, -0.25) is 9.78 Å².